The lowest BCUT2D eigenvalue weighted by molar-refractivity contribution is -0.134. The Labute approximate surface area is 247 Å². The molecule has 2 aromatic carbocycles. The summed E-state index contributed by atoms with van der Waals surface area (Å²) < 4.78 is 5.26. The van der Waals surface area contributed by atoms with E-state index in [9.17, 15) is 4.79 Å². The Morgan fingerprint density at radius 2 is 1.27 bits per heavy atom. The number of carbonyl (C=O) groups is 1. The number of hydrogen-bond acceptors (Lipinski definition) is 2. The van der Waals surface area contributed by atoms with Crippen LogP contribution in [0.3, 0.4) is 0 Å². The molecule has 0 aliphatic heterocycles. The van der Waals surface area contributed by atoms with Crippen LogP contribution in [0.2, 0.25) is 0 Å². The van der Waals surface area contributed by atoms with E-state index < -0.39 is 0 Å². The summed E-state index contributed by atoms with van der Waals surface area (Å²) >= 11 is 0. The normalized spacial score (nSPS) is 21.6. The number of hydrogen-bond donors (Lipinski definition) is 0. The van der Waals surface area contributed by atoms with E-state index in [0.29, 0.717) is 6.47 Å². The Morgan fingerprint density at radius 3 is 1.70 bits per heavy atom. The predicted octanol–water partition coefficient (Wildman–Crippen LogP) is 11.7. The van der Waals surface area contributed by atoms with Crippen LogP contribution in [0.1, 0.15) is 148 Å². The molecule has 2 heteroatoms. The van der Waals surface area contributed by atoms with E-state index in [-0.39, 0.29) is 12.0 Å². The molecule has 2 aliphatic rings. The van der Waals surface area contributed by atoms with Gasteiger partial charge in [-0.25, -0.2) is 0 Å². The van der Waals surface area contributed by atoms with Crippen LogP contribution in [-0.4, -0.2) is 6.47 Å². The fourth-order valence-electron chi connectivity index (χ4n) is 7.09. The average Bonchev–Trinajstić information content (AvgIpc) is 3.03. The quantitative estimate of drug-likeness (QED) is 0.276. The standard InChI is InChI=1S/C16H16O2.C12H24.C10H20/c1-13(14-8-4-2-5-9-14)16(18-12-17)15-10-6-3-7-11-15;1-4-11(5-2)12-8-6-10(3)7-9-12;1-3-10(4-2)8-6-5-7-9-10/h2-13,16H,1H3;10-12H,4-9H2,1-3H3;3-9H2,1-2H3/t13-,16+;;/m1../s1. The molecule has 0 amide bonds. The molecule has 2 aromatic rings. The molecule has 0 radical (unpaired) electrons. The minimum Gasteiger partial charge on any atom is -0.459 e. The van der Waals surface area contributed by atoms with Crippen LogP contribution in [0.25, 0.3) is 0 Å². The SMILES string of the molecule is CCC(CC)C1CCC(C)CC1.CCC1(CC)CCCCC1.C[C@H](c1ccccc1)[C@H](OC=O)c1ccccc1. The van der Waals surface area contributed by atoms with Crippen molar-refractivity contribution in [2.24, 2.45) is 23.2 Å². The fraction of sp³-hybridized carbons (Fsp3) is 0.658. The molecule has 2 saturated carbocycles. The van der Waals surface area contributed by atoms with Crippen molar-refractivity contribution in [2.45, 2.75) is 137 Å². The Hall–Kier alpha value is -2.09. The van der Waals surface area contributed by atoms with Crippen molar-refractivity contribution in [1.82, 2.24) is 0 Å². The van der Waals surface area contributed by atoms with E-state index >= 15 is 0 Å². The average molecular weight is 549 g/mol. The molecule has 2 aliphatic carbocycles. The van der Waals surface area contributed by atoms with Crippen molar-refractivity contribution in [2.75, 3.05) is 0 Å². The van der Waals surface area contributed by atoms with E-state index in [1.807, 2.05) is 48.5 Å². The third-order valence-electron chi connectivity index (χ3n) is 10.3. The van der Waals surface area contributed by atoms with E-state index in [1.54, 1.807) is 0 Å². The van der Waals surface area contributed by atoms with Gasteiger partial charge in [0.15, 0.2) is 0 Å². The first kappa shape index (κ1) is 34.1. The Kier molecular flexibility index (Phi) is 16.3. The van der Waals surface area contributed by atoms with Crippen molar-refractivity contribution >= 4 is 6.47 Å². The van der Waals surface area contributed by atoms with Gasteiger partial charge < -0.3 is 4.74 Å². The minimum absolute atomic E-state index is 0.124. The zero-order valence-electron chi connectivity index (χ0n) is 26.7. The number of ether oxygens (including phenoxy) is 1. The van der Waals surface area contributed by atoms with Crippen LogP contribution >= 0.6 is 0 Å². The van der Waals surface area contributed by atoms with Crippen LogP contribution in [0.4, 0.5) is 0 Å². The monoisotopic (exact) mass is 548 g/mol. The summed E-state index contributed by atoms with van der Waals surface area (Å²) in [7, 11) is 0. The molecule has 40 heavy (non-hydrogen) atoms. The smallest absolute Gasteiger partial charge is 0.293 e. The highest BCUT2D eigenvalue weighted by molar-refractivity contribution is 5.40. The maximum absolute atomic E-state index is 10.7. The summed E-state index contributed by atoms with van der Waals surface area (Å²) in [6, 6.07) is 19.9. The van der Waals surface area contributed by atoms with E-state index in [1.165, 1.54) is 83.5 Å². The zero-order valence-corrected chi connectivity index (χ0v) is 26.7. The molecule has 0 N–H and O–H groups in total. The molecule has 224 valence electrons. The van der Waals surface area contributed by atoms with Gasteiger partial charge in [-0.1, -0.05) is 160 Å². The van der Waals surface area contributed by atoms with E-state index in [0.717, 1.165) is 34.3 Å². The summed E-state index contributed by atoms with van der Waals surface area (Å²) in [4.78, 5) is 10.7. The fourth-order valence-corrected chi connectivity index (χ4v) is 7.09. The van der Waals surface area contributed by atoms with E-state index in [2.05, 4.69) is 53.7 Å². The maximum Gasteiger partial charge on any atom is 0.293 e. The van der Waals surface area contributed by atoms with Crippen LogP contribution < -0.4 is 0 Å². The van der Waals surface area contributed by atoms with Gasteiger partial charge in [-0.15, -0.1) is 0 Å². The molecule has 2 atom stereocenters. The van der Waals surface area contributed by atoms with Gasteiger partial charge in [-0.3, -0.25) is 4.79 Å². The largest absolute Gasteiger partial charge is 0.459 e. The van der Waals surface area contributed by atoms with Crippen molar-refractivity contribution in [1.29, 1.82) is 0 Å². The van der Waals surface area contributed by atoms with Gasteiger partial charge in [0.05, 0.1) is 0 Å². The van der Waals surface area contributed by atoms with E-state index in [4.69, 9.17) is 4.74 Å². The number of carbonyl (C=O) groups excluding carboxylic acids is 1. The second-order valence-electron chi connectivity index (χ2n) is 12.6. The van der Waals surface area contributed by atoms with Crippen molar-refractivity contribution in [3.8, 4) is 0 Å². The van der Waals surface area contributed by atoms with Gasteiger partial charge >= 0.3 is 0 Å². The van der Waals surface area contributed by atoms with Gasteiger partial charge in [0, 0.05) is 5.92 Å². The highest BCUT2D eigenvalue weighted by atomic mass is 16.5. The molecular formula is C38H60O2. The lowest BCUT2D eigenvalue weighted by atomic mass is 9.71. The minimum atomic E-state index is -0.244. The Bertz CT molecular complexity index is 868. The van der Waals surface area contributed by atoms with Crippen molar-refractivity contribution < 1.29 is 9.53 Å². The molecule has 0 spiro atoms. The first-order valence-electron chi connectivity index (χ1n) is 16.6. The summed E-state index contributed by atoms with van der Waals surface area (Å²) in [6.45, 7) is 14.4. The van der Waals surface area contributed by atoms with Crippen molar-refractivity contribution in [3.05, 3.63) is 71.8 Å². The van der Waals surface area contributed by atoms with Gasteiger partial charge in [0.1, 0.15) is 6.10 Å². The molecule has 0 aromatic heterocycles. The van der Waals surface area contributed by atoms with Crippen LogP contribution in [-0.2, 0) is 9.53 Å². The molecule has 0 heterocycles. The first-order valence-corrected chi connectivity index (χ1v) is 16.6. The third-order valence-corrected chi connectivity index (χ3v) is 10.3. The highest BCUT2D eigenvalue weighted by Crippen LogP contribution is 2.41. The predicted molar refractivity (Wildman–Crippen MR) is 172 cm³/mol. The van der Waals surface area contributed by atoms with Crippen LogP contribution in [0.15, 0.2) is 60.7 Å². The van der Waals surface area contributed by atoms with Gasteiger partial charge in [0.25, 0.3) is 6.47 Å². The van der Waals surface area contributed by atoms with Gasteiger partial charge in [0.2, 0.25) is 0 Å². The van der Waals surface area contributed by atoms with Gasteiger partial charge in [-0.05, 0) is 60.0 Å². The summed E-state index contributed by atoms with van der Waals surface area (Å²) in [5, 5.41) is 0. The first-order chi connectivity index (χ1) is 19.4. The molecule has 0 bridgehead atoms. The molecule has 2 fully saturated rings. The summed E-state index contributed by atoms with van der Waals surface area (Å²) in [5.41, 5.74) is 2.94. The van der Waals surface area contributed by atoms with Crippen LogP contribution in [0.5, 0.6) is 0 Å². The second kappa shape index (κ2) is 19.1. The third kappa shape index (κ3) is 11.1. The Balaban J connectivity index is 0.000000222. The summed E-state index contributed by atoms with van der Waals surface area (Å²) in [6.07, 6.45) is 18.8. The Morgan fingerprint density at radius 1 is 0.775 bits per heavy atom. The lowest BCUT2D eigenvalue weighted by Crippen LogP contribution is -2.21. The molecular weight excluding hydrogens is 488 g/mol. The topological polar surface area (TPSA) is 26.3 Å². The molecule has 2 nitrogen and oxygen atoms in total. The lowest BCUT2D eigenvalue weighted by Gasteiger charge is -2.35. The molecule has 0 unspecified atom stereocenters. The molecule has 0 saturated heterocycles. The zero-order chi connectivity index (χ0) is 29.2. The second-order valence-corrected chi connectivity index (χ2v) is 12.6. The maximum atomic E-state index is 10.7. The number of rotatable bonds is 10. The van der Waals surface area contributed by atoms with Crippen LogP contribution in [0, 0.1) is 23.2 Å². The van der Waals surface area contributed by atoms with Gasteiger partial charge in [-0.2, -0.15) is 0 Å². The summed E-state index contributed by atoms with van der Waals surface area (Å²) in [5.74, 6) is 3.23. The van der Waals surface area contributed by atoms with Crippen molar-refractivity contribution in [3.63, 3.8) is 0 Å². The molecule has 4 rings (SSSR count). The highest BCUT2D eigenvalue weighted by Gasteiger charge is 2.27. The number of benzene rings is 2.